The molecule has 1 heterocycles. The van der Waals surface area contributed by atoms with Crippen molar-refractivity contribution in [3.63, 3.8) is 0 Å². The number of carbonyl (C=O) groups is 1. The maximum Gasteiger partial charge on any atom is 0.243 e. The van der Waals surface area contributed by atoms with Gasteiger partial charge in [-0.15, -0.1) is 0 Å². The van der Waals surface area contributed by atoms with E-state index in [2.05, 4.69) is 5.32 Å². The van der Waals surface area contributed by atoms with Crippen LogP contribution < -0.4 is 10.1 Å². The molecule has 0 spiro atoms. The summed E-state index contributed by atoms with van der Waals surface area (Å²) in [5.74, 6) is 0.566. The van der Waals surface area contributed by atoms with Crippen molar-refractivity contribution in [1.82, 2.24) is 9.62 Å². The van der Waals surface area contributed by atoms with Gasteiger partial charge in [0.05, 0.1) is 11.5 Å². The summed E-state index contributed by atoms with van der Waals surface area (Å²) < 4.78 is 33.0. The summed E-state index contributed by atoms with van der Waals surface area (Å²) in [6, 6.07) is 15.0. The molecule has 0 aromatic heterocycles. The van der Waals surface area contributed by atoms with Crippen molar-refractivity contribution >= 4 is 15.9 Å². The van der Waals surface area contributed by atoms with Crippen LogP contribution >= 0.6 is 0 Å². The van der Waals surface area contributed by atoms with E-state index in [1.165, 1.54) is 9.87 Å². The Hall–Kier alpha value is -2.38. The van der Waals surface area contributed by atoms with E-state index in [9.17, 15) is 13.2 Å². The van der Waals surface area contributed by atoms with Crippen LogP contribution in [0, 0.1) is 12.8 Å². The highest BCUT2D eigenvalue weighted by atomic mass is 32.2. The molecule has 7 heteroatoms. The lowest BCUT2D eigenvalue weighted by Crippen LogP contribution is -2.43. The fourth-order valence-electron chi connectivity index (χ4n) is 3.73. The maximum absolute atomic E-state index is 13.0. The first-order valence-electron chi connectivity index (χ1n) is 10.5. The molecule has 0 atom stereocenters. The van der Waals surface area contributed by atoms with Crippen LogP contribution in [0.2, 0.25) is 0 Å². The Bertz CT molecular complexity index is 952. The average Bonchev–Trinajstić information content (AvgIpc) is 2.76. The molecule has 0 bridgehead atoms. The number of sulfonamides is 1. The van der Waals surface area contributed by atoms with Crippen LogP contribution in [0.1, 0.15) is 30.9 Å². The smallest absolute Gasteiger partial charge is 0.243 e. The van der Waals surface area contributed by atoms with Crippen LogP contribution in [0.3, 0.4) is 0 Å². The lowest BCUT2D eigenvalue weighted by atomic mass is 9.97. The standard InChI is InChI=1S/C23H30N2O4S/c1-3-29-22-10-9-21(17-18(22)2)30(27,28)25-15-12-20(13-16-25)23(26)24-14-11-19-7-5-4-6-8-19/h4-10,17,20H,3,11-16H2,1-2H3,(H,24,26). The Balaban J connectivity index is 1.52. The first-order chi connectivity index (χ1) is 14.4. The monoisotopic (exact) mass is 430 g/mol. The van der Waals surface area contributed by atoms with Gasteiger partial charge in [0.15, 0.2) is 0 Å². The lowest BCUT2D eigenvalue weighted by molar-refractivity contribution is -0.126. The maximum atomic E-state index is 13.0. The van der Waals surface area contributed by atoms with E-state index in [-0.39, 0.29) is 16.7 Å². The van der Waals surface area contributed by atoms with Crippen molar-refractivity contribution < 1.29 is 17.9 Å². The number of ether oxygens (including phenoxy) is 1. The number of piperidine rings is 1. The van der Waals surface area contributed by atoms with Crippen LogP contribution in [0.15, 0.2) is 53.4 Å². The summed E-state index contributed by atoms with van der Waals surface area (Å²) in [6.07, 6.45) is 1.86. The SMILES string of the molecule is CCOc1ccc(S(=O)(=O)N2CCC(C(=O)NCCc3ccccc3)CC2)cc1C. The van der Waals surface area contributed by atoms with Gasteiger partial charge in [-0.3, -0.25) is 4.79 Å². The molecule has 1 N–H and O–H groups in total. The van der Waals surface area contributed by atoms with Crippen molar-refractivity contribution in [2.75, 3.05) is 26.2 Å². The predicted octanol–water partition coefficient (Wildman–Crippen LogP) is 3.15. The largest absolute Gasteiger partial charge is 0.494 e. The van der Waals surface area contributed by atoms with E-state index in [0.717, 1.165) is 12.0 Å². The van der Waals surface area contributed by atoms with Gasteiger partial charge in [-0.25, -0.2) is 8.42 Å². The second-order valence-corrected chi connectivity index (χ2v) is 9.50. The molecule has 1 fully saturated rings. The second kappa shape index (κ2) is 10.1. The quantitative estimate of drug-likeness (QED) is 0.698. The minimum absolute atomic E-state index is 0.0138. The number of hydrogen-bond acceptors (Lipinski definition) is 4. The normalized spacial score (nSPS) is 15.7. The molecule has 1 saturated heterocycles. The number of nitrogens with one attached hydrogen (secondary N) is 1. The fourth-order valence-corrected chi connectivity index (χ4v) is 5.28. The van der Waals surface area contributed by atoms with E-state index in [1.54, 1.807) is 18.2 Å². The van der Waals surface area contributed by atoms with E-state index in [1.807, 2.05) is 44.2 Å². The van der Waals surface area contributed by atoms with Gasteiger partial charge in [0.2, 0.25) is 15.9 Å². The molecule has 162 valence electrons. The Kier molecular flexibility index (Phi) is 7.50. The van der Waals surface area contributed by atoms with Gasteiger partial charge in [-0.05, 0) is 62.4 Å². The predicted molar refractivity (Wildman–Crippen MR) is 117 cm³/mol. The van der Waals surface area contributed by atoms with Gasteiger partial charge in [-0.1, -0.05) is 30.3 Å². The number of hydrogen-bond donors (Lipinski definition) is 1. The Morgan fingerprint density at radius 3 is 2.47 bits per heavy atom. The lowest BCUT2D eigenvalue weighted by Gasteiger charge is -2.30. The van der Waals surface area contributed by atoms with Crippen molar-refractivity contribution in [2.45, 2.75) is 38.0 Å². The van der Waals surface area contributed by atoms with Crippen LogP contribution in [-0.2, 0) is 21.2 Å². The summed E-state index contributed by atoms with van der Waals surface area (Å²) in [6.45, 7) is 5.57. The number of aryl methyl sites for hydroxylation is 1. The fraction of sp³-hybridized carbons (Fsp3) is 0.435. The highest BCUT2D eigenvalue weighted by Gasteiger charge is 2.32. The molecule has 0 saturated carbocycles. The van der Waals surface area contributed by atoms with Gasteiger partial charge in [0.1, 0.15) is 5.75 Å². The summed E-state index contributed by atoms with van der Waals surface area (Å²) >= 11 is 0. The number of carbonyl (C=O) groups excluding carboxylic acids is 1. The number of nitrogens with zero attached hydrogens (tertiary/aromatic N) is 1. The third-order valence-corrected chi connectivity index (χ3v) is 7.36. The van der Waals surface area contributed by atoms with E-state index in [0.29, 0.717) is 44.8 Å². The van der Waals surface area contributed by atoms with Gasteiger partial charge >= 0.3 is 0 Å². The molecular formula is C23H30N2O4S. The van der Waals surface area contributed by atoms with Crippen molar-refractivity contribution in [3.05, 3.63) is 59.7 Å². The molecule has 6 nitrogen and oxygen atoms in total. The molecule has 1 aliphatic rings. The summed E-state index contributed by atoms with van der Waals surface area (Å²) in [4.78, 5) is 12.7. The molecule has 0 radical (unpaired) electrons. The molecule has 2 aromatic rings. The Morgan fingerprint density at radius 2 is 1.83 bits per heavy atom. The molecule has 2 aromatic carbocycles. The zero-order valence-corrected chi connectivity index (χ0v) is 18.5. The minimum Gasteiger partial charge on any atom is -0.494 e. The highest BCUT2D eigenvalue weighted by molar-refractivity contribution is 7.89. The third kappa shape index (κ3) is 5.40. The first kappa shape index (κ1) is 22.3. The van der Waals surface area contributed by atoms with Crippen LogP contribution in [0.5, 0.6) is 5.75 Å². The number of rotatable bonds is 8. The number of amides is 1. The van der Waals surface area contributed by atoms with E-state index >= 15 is 0 Å². The summed E-state index contributed by atoms with van der Waals surface area (Å²) in [5.41, 5.74) is 1.98. The number of benzene rings is 2. The van der Waals surface area contributed by atoms with Crippen molar-refractivity contribution in [1.29, 1.82) is 0 Å². The molecule has 30 heavy (non-hydrogen) atoms. The van der Waals surface area contributed by atoms with Crippen LogP contribution in [-0.4, -0.2) is 44.9 Å². The molecule has 0 aliphatic carbocycles. The third-order valence-electron chi connectivity index (χ3n) is 5.46. The van der Waals surface area contributed by atoms with E-state index in [4.69, 9.17) is 4.74 Å². The molecular weight excluding hydrogens is 400 g/mol. The van der Waals surface area contributed by atoms with Crippen LogP contribution in [0.25, 0.3) is 0 Å². The van der Waals surface area contributed by atoms with Crippen molar-refractivity contribution in [2.24, 2.45) is 5.92 Å². The summed E-state index contributed by atoms with van der Waals surface area (Å²) in [7, 11) is -3.57. The molecule has 3 rings (SSSR count). The average molecular weight is 431 g/mol. The topological polar surface area (TPSA) is 75.7 Å². The minimum atomic E-state index is -3.57. The van der Waals surface area contributed by atoms with Gasteiger partial charge in [0, 0.05) is 25.6 Å². The zero-order valence-electron chi connectivity index (χ0n) is 17.6. The zero-order chi connectivity index (χ0) is 21.6. The van der Waals surface area contributed by atoms with E-state index < -0.39 is 10.0 Å². The first-order valence-corrected chi connectivity index (χ1v) is 11.9. The second-order valence-electron chi connectivity index (χ2n) is 7.57. The van der Waals surface area contributed by atoms with Gasteiger partial charge in [-0.2, -0.15) is 4.31 Å². The Labute approximate surface area is 179 Å². The van der Waals surface area contributed by atoms with Gasteiger partial charge < -0.3 is 10.1 Å². The van der Waals surface area contributed by atoms with Crippen LogP contribution in [0.4, 0.5) is 0 Å². The summed E-state index contributed by atoms with van der Waals surface area (Å²) in [5, 5.41) is 2.99. The Morgan fingerprint density at radius 1 is 1.13 bits per heavy atom. The van der Waals surface area contributed by atoms with Crippen molar-refractivity contribution in [3.8, 4) is 5.75 Å². The molecule has 1 aliphatic heterocycles. The molecule has 1 amide bonds. The molecule has 0 unspecified atom stereocenters. The highest BCUT2D eigenvalue weighted by Crippen LogP contribution is 2.27. The van der Waals surface area contributed by atoms with Gasteiger partial charge in [0.25, 0.3) is 0 Å².